The molecule has 0 bridgehead atoms. The highest BCUT2D eigenvalue weighted by atomic mass is 16.5. The monoisotopic (exact) mass is 386 g/mol. The number of piperidine rings is 1. The third kappa shape index (κ3) is 4.69. The van der Waals surface area contributed by atoms with Crippen molar-refractivity contribution in [1.82, 2.24) is 14.7 Å². The van der Waals surface area contributed by atoms with Gasteiger partial charge < -0.3 is 14.8 Å². The van der Waals surface area contributed by atoms with E-state index in [0.717, 1.165) is 19.4 Å². The zero-order valence-electron chi connectivity index (χ0n) is 16.5. The molecule has 0 unspecified atom stereocenters. The number of carbonyl (C=O) groups is 2. The van der Waals surface area contributed by atoms with Crippen molar-refractivity contribution < 1.29 is 19.1 Å². The number of ether oxygens (including phenoxy) is 2. The fourth-order valence-electron chi connectivity index (χ4n) is 3.52. The van der Waals surface area contributed by atoms with Crippen molar-refractivity contribution in [3.05, 3.63) is 36.2 Å². The second-order valence-electron chi connectivity index (χ2n) is 6.96. The second-order valence-corrected chi connectivity index (χ2v) is 6.96. The zero-order valence-corrected chi connectivity index (χ0v) is 16.5. The maximum Gasteiger partial charge on any atom is 0.238 e. The summed E-state index contributed by atoms with van der Waals surface area (Å²) < 4.78 is 12.2. The normalized spacial score (nSPS) is 17.2. The van der Waals surface area contributed by atoms with E-state index >= 15 is 0 Å². The van der Waals surface area contributed by atoms with Crippen LogP contribution in [0.2, 0.25) is 0 Å². The molecular weight excluding hydrogens is 360 g/mol. The van der Waals surface area contributed by atoms with E-state index in [0.29, 0.717) is 29.3 Å². The van der Waals surface area contributed by atoms with E-state index in [1.807, 2.05) is 4.90 Å². The molecule has 0 radical (unpaired) electrons. The lowest BCUT2D eigenvalue weighted by Gasteiger charge is -2.31. The maximum atomic E-state index is 13.0. The summed E-state index contributed by atoms with van der Waals surface area (Å²) in [4.78, 5) is 27.4. The number of aryl methyl sites for hydroxylation is 1. The van der Waals surface area contributed by atoms with Crippen LogP contribution in [-0.2, 0) is 11.8 Å². The van der Waals surface area contributed by atoms with Gasteiger partial charge in [0.25, 0.3) is 0 Å². The molecule has 1 fully saturated rings. The van der Waals surface area contributed by atoms with Crippen LogP contribution in [0.3, 0.4) is 0 Å². The van der Waals surface area contributed by atoms with E-state index in [1.54, 1.807) is 56.5 Å². The Hall–Kier alpha value is -2.87. The molecule has 2 aromatic rings. The number of nitrogens with zero attached hydrogens (tertiary/aromatic N) is 3. The molecule has 1 aliphatic heterocycles. The van der Waals surface area contributed by atoms with Gasteiger partial charge in [0.05, 0.1) is 38.2 Å². The predicted octanol–water partition coefficient (Wildman–Crippen LogP) is 1.97. The van der Waals surface area contributed by atoms with Crippen LogP contribution >= 0.6 is 0 Å². The van der Waals surface area contributed by atoms with E-state index in [1.165, 1.54) is 0 Å². The molecule has 1 saturated heterocycles. The van der Waals surface area contributed by atoms with Gasteiger partial charge in [-0.15, -0.1) is 0 Å². The molecule has 150 valence electrons. The SMILES string of the molecule is COc1ccc(C(=O)[C@H]2CCCN(CC(=O)Nc3cnn(C)c3)C2)c(OC)c1. The average Bonchev–Trinajstić information content (AvgIpc) is 3.11. The summed E-state index contributed by atoms with van der Waals surface area (Å²) in [5.74, 6) is 0.920. The van der Waals surface area contributed by atoms with Crippen molar-refractivity contribution in [3.63, 3.8) is 0 Å². The number of likely N-dealkylation sites (tertiary alicyclic amines) is 1. The van der Waals surface area contributed by atoms with Gasteiger partial charge in [-0.25, -0.2) is 0 Å². The lowest BCUT2D eigenvalue weighted by molar-refractivity contribution is -0.117. The van der Waals surface area contributed by atoms with Crippen LogP contribution in [-0.4, -0.2) is 60.2 Å². The van der Waals surface area contributed by atoms with Crippen LogP contribution in [0.25, 0.3) is 0 Å². The Kier molecular flexibility index (Phi) is 6.30. The van der Waals surface area contributed by atoms with Crippen molar-refractivity contribution in [2.24, 2.45) is 13.0 Å². The third-order valence-corrected chi connectivity index (χ3v) is 4.91. The Bertz CT molecular complexity index is 848. The third-order valence-electron chi connectivity index (χ3n) is 4.91. The number of aromatic nitrogens is 2. The summed E-state index contributed by atoms with van der Waals surface area (Å²) in [6, 6.07) is 5.22. The standard InChI is InChI=1S/C20H26N4O4/c1-23-12-15(10-21-23)22-19(25)13-24-8-4-5-14(11-24)20(26)17-7-6-16(27-2)9-18(17)28-3/h6-7,9-10,12,14H,4-5,8,11,13H2,1-3H3,(H,22,25)/t14-/m0/s1. The Balaban J connectivity index is 1.62. The number of hydrogen-bond donors (Lipinski definition) is 1. The Labute approximate surface area is 164 Å². The first kappa shape index (κ1) is 19.9. The summed E-state index contributed by atoms with van der Waals surface area (Å²) in [5, 5.41) is 6.87. The quantitative estimate of drug-likeness (QED) is 0.733. The number of anilines is 1. The smallest absolute Gasteiger partial charge is 0.238 e. The molecule has 28 heavy (non-hydrogen) atoms. The predicted molar refractivity (Wildman–Crippen MR) is 105 cm³/mol. The fourth-order valence-corrected chi connectivity index (χ4v) is 3.52. The van der Waals surface area contributed by atoms with Crippen molar-refractivity contribution in [2.45, 2.75) is 12.8 Å². The van der Waals surface area contributed by atoms with E-state index in [9.17, 15) is 9.59 Å². The number of rotatable bonds is 7. The molecule has 1 aromatic carbocycles. The average molecular weight is 386 g/mol. The lowest BCUT2D eigenvalue weighted by atomic mass is 9.89. The Morgan fingerprint density at radius 3 is 2.79 bits per heavy atom. The molecular formula is C20H26N4O4. The molecule has 8 nitrogen and oxygen atoms in total. The molecule has 2 heterocycles. The van der Waals surface area contributed by atoms with Crippen molar-refractivity contribution >= 4 is 17.4 Å². The van der Waals surface area contributed by atoms with Gasteiger partial charge in [-0.2, -0.15) is 5.10 Å². The molecule has 1 aromatic heterocycles. The number of benzene rings is 1. The van der Waals surface area contributed by atoms with Gasteiger partial charge in [-0.05, 0) is 31.5 Å². The van der Waals surface area contributed by atoms with E-state index in [4.69, 9.17) is 9.47 Å². The molecule has 0 aliphatic carbocycles. The number of carbonyl (C=O) groups excluding carboxylic acids is 2. The van der Waals surface area contributed by atoms with E-state index in [-0.39, 0.29) is 24.2 Å². The molecule has 1 atom stereocenters. The molecule has 3 rings (SSSR count). The van der Waals surface area contributed by atoms with Gasteiger partial charge in [0, 0.05) is 31.8 Å². The number of amides is 1. The lowest BCUT2D eigenvalue weighted by Crippen LogP contribution is -2.42. The number of ketones is 1. The molecule has 0 spiro atoms. The number of Topliss-reactive ketones (excluding diaryl/α,β-unsaturated/α-hetero) is 1. The maximum absolute atomic E-state index is 13.0. The van der Waals surface area contributed by atoms with Gasteiger partial charge >= 0.3 is 0 Å². The van der Waals surface area contributed by atoms with Gasteiger partial charge in [-0.1, -0.05) is 0 Å². The first-order chi connectivity index (χ1) is 13.5. The first-order valence-electron chi connectivity index (χ1n) is 9.27. The fraction of sp³-hybridized carbons (Fsp3) is 0.450. The van der Waals surface area contributed by atoms with Gasteiger partial charge in [0.1, 0.15) is 11.5 Å². The van der Waals surface area contributed by atoms with Crippen LogP contribution in [0.4, 0.5) is 5.69 Å². The summed E-state index contributed by atoms with van der Waals surface area (Å²) in [5.41, 5.74) is 1.22. The largest absolute Gasteiger partial charge is 0.497 e. The molecule has 0 saturated carbocycles. The van der Waals surface area contributed by atoms with Crippen LogP contribution in [0, 0.1) is 5.92 Å². The number of nitrogens with one attached hydrogen (secondary N) is 1. The molecule has 1 N–H and O–H groups in total. The minimum absolute atomic E-state index is 0.0388. The summed E-state index contributed by atoms with van der Waals surface area (Å²) in [6.45, 7) is 1.59. The highest BCUT2D eigenvalue weighted by Gasteiger charge is 2.29. The van der Waals surface area contributed by atoms with Crippen LogP contribution in [0.15, 0.2) is 30.6 Å². The van der Waals surface area contributed by atoms with Crippen LogP contribution in [0.1, 0.15) is 23.2 Å². The van der Waals surface area contributed by atoms with Crippen molar-refractivity contribution in [2.75, 3.05) is 39.2 Å². The Morgan fingerprint density at radius 1 is 1.29 bits per heavy atom. The van der Waals surface area contributed by atoms with Gasteiger partial charge in [-0.3, -0.25) is 19.2 Å². The summed E-state index contributed by atoms with van der Waals surface area (Å²) >= 11 is 0. The molecule has 8 heteroatoms. The topological polar surface area (TPSA) is 85.7 Å². The van der Waals surface area contributed by atoms with Gasteiger partial charge in [0.2, 0.25) is 5.91 Å². The second kappa shape index (κ2) is 8.88. The molecule has 1 amide bonds. The zero-order chi connectivity index (χ0) is 20.1. The highest BCUT2D eigenvalue weighted by molar-refractivity contribution is 6.00. The highest BCUT2D eigenvalue weighted by Crippen LogP contribution is 2.29. The molecule has 1 aliphatic rings. The first-order valence-corrected chi connectivity index (χ1v) is 9.27. The number of hydrogen-bond acceptors (Lipinski definition) is 6. The summed E-state index contributed by atoms with van der Waals surface area (Å²) in [6.07, 6.45) is 5.02. The van der Waals surface area contributed by atoms with Crippen molar-refractivity contribution in [3.8, 4) is 11.5 Å². The minimum Gasteiger partial charge on any atom is -0.497 e. The Morgan fingerprint density at radius 2 is 2.11 bits per heavy atom. The van der Waals surface area contributed by atoms with E-state index in [2.05, 4.69) is 10.4 Å². The van der Waals surface area contributed by atoms with Crippen LogP contribution < -0.4 is 14.8 Å². The number of methoxy groups -OCH3 is 2. The van der Waals surface area contributed by atoms with E-state index < -0.39 is 0 Å². The van der Waals surface area contributed by atoms with Gasteiger partial charge in [0.15, 0.2) is 5.78 Å². The summed E-state index contributed by atoms with van der Waals surface area (Å²) in [7, 11) is 4.91. The van der Waals surface area contributed by atoms with Crippen molar-refractivity contribution in [1.29, 1.82) is 0 Å². The minimum atomic E-state index is -0.165. The van der Waals surface area contributed by atoms with Crippen LogP contribution in [0.5, 0.6) is 11.5 Å².